The number of thioether (sulfide) groups is 1. The second-order valence-electron chi connectivity index (χ2n) is 4.04. The molecule has 1 unspecified atom stereocenters. The largest absolute Gasteiger partial charge is 0.310 e. The van der Waals surface area contributed by atoms with Gasteiger partial charge in [-0.25, -0.2) is 4.39 Å². The van der Waals surface area contributed by atoms with Crippen LogP contribution >= 0.6 is 27.7 Å². The number of rotatable bonds is 7. The van der Waals surface area contributed by atoms with Gasteiger partial charge in [-0.15, -0.1) is 0 Å². The van der Waals surface area contributed by atoms with E-state index in [4.69, 9.17) is 0 Å². The molecule has 0 bridgehead atoms. The van der Waals surface area contributed by atoms with Crippen molar-refractivity contribution in [3.05, 3.63) is 34.1 Å². The molecular formula is C13H19BrFNS. The number of benzene rings is 1. The molecule has 4 heteroatoms. The lowest BCUT2D eigenvalue weighted by atomic mass is 10.1. The van der Waals surface area contributed by atoms with E-state index in [1.165, 1.54) is 30.7 Å². The Kier molecular flexibility index (Phi) is 7.16. The maximum atomic E-state index is 12.9. The van der Waals surface area contributed by atoms with Gasteiger partial charge in [0, 0.05) is 10.5 Å². The average molecular weight is 320 g/mol. The monoisotopic (exact) mass is 319 g/mol. The fourth-order valence-corrected chi connectivity index (χ4v) is 2.84. The van der Waals surface area contributed by atoms with Crippen LogP contribution in [0.25, 0.3) is 0 Å². The minimum absolute atomic E-state index is 0.201. The molecule has 0 aliphatic rings. The molecule has 0 fully saturated rings. The van der Waals surface area contributed by atoms with E-state index in [0.717, 1.165) is 16.6 Å². The molecule has 0 heterocycles. The van der Waals surface area contributed by atoms with Crippen LogP contribution in [0.5, 0.6) is 0 Å². The van der Waals surface area contributed by atoms with Crippen molar-refractivity contribution < 1.29 is 4.39 Å². The summed E-state index contributed by atoms with van der Waals surface area (Å²) >= 11 is 5.28. The van der Waals surface area contributed by atoms with Crippen LogP contribution in [0.1, 0.15) is 31.4 Å². The third-order valence-corrected chi connectivity index (χ3v) is 4.04. The minimum atomic E-state index is -0.201. The van der Waals surface area contributed by atoms with Crippen LogP contribution < -0.4 is 5.32 Å². The Balaban J connectivity index is 2.38. The van der Waals surface area contributed by atoms with Gasteiger partial charge < -0.3 is 5.32 Å². The van der Waals surface area contributed by atoms with Crippen LogP contribution in [0.2, 0.25) is 0 Å². The van der Waals surface area contributed by atoms with Crippen molar-refractivity contribution in [2.45, 2.75) is 25.8 Å². The first-order valence-corrected chi connectivity index (χ1v) is 8.01. The molecule has 0 spiro atoms. The Labute approximate surface area is 116 Å². The van der Waals surface area contributed by atoms with E-state index in [-0.39, 0.29) is 11.9 Å². The molecule has 0 saturated carbocycles. The summed E-state index contributed by atoms with van der Waals surface area (Å²) in [7, 11) is 0. The molecule has 0 saturated heterocycles. The van der Waals surface area contributed by atoms with Gasteiger partial charge in [0.2, 0.25) is 0 Å². The lowest BCUT2D eigenvalue weighted by Crippen LogP contribution is -2.20. The molecule has 0 radical (unpaired) electrons. The van der Waals surface area contributed by atoms with E-state index in [1.807, 2.05) is 17.8 Å². The van der Waals surface area contributed by atoms with Gasteiger partial charge >= 0.3 is 0 Å². The van der Waals surface area contributed by atoms with Crippen LogP contribution in [0.15, 0.2) is 22.7 Å². The topological polar surface area (TPSA) is 12.0 Å². The molecule has 1 aromatic rings. The first-order chi connectivity index (χ1) is 8.15. The molecule has 0 aliphatic heterocycles. The van der Waals surface area contributed by atoms with Crippen LogP contribution in [-0.2, 0) is 0 Å². The summed E-state index contributed by atoms with van der Waals surface area (Å²) in [5.74, 6) is 1.02. The predicted octanol–water partition coefficient (Wildman–Crippen LogP) is 4.38. The number of halogens is 2. The van der Waals surface area contributed by atoms with Crippen molar-refractivity contribution in [3.8, 4) is 0 Å². The Morgan fingerprint density at radius 3 is 2.82 bits per heavy atom. The van der Waals surface area contributed by atoms with Gasteiger partial charge in [-0.2, -0.15) is 11.8 Å². The van der Waals surface area contributed by atoms with E-state index in [9.17, 15) is 4.39 Å². The number of hydrogen-bond acceptors (Lipinski definition) is 2. The second-order valence-corrected chi connectivity index (χ2v) is 5.88. The maximum absolute atomic E-state index is 12.9. The fourth-order valence-electron chi connectivity index (χ4n) is 1.65. The Bertz CT molecular complexity index is 346. The van der Waals surface area contributed by atoms with Crippen molar-refractivity contribution in [1.82, 2.24) is 5.32 Å². The van der Waals surface area contributed by atoms with Crippen LogP contribution in [0, 0.1) is 5.82 Å². The summed E-state index contributed by atoms with van der Waals surface area (Å²) in [4.78, 5) is 0. The molecule has 17 heavy (non-hydrogen) atoms. The molecule has 1 aromatic carbocycles. The van der Waals surface area contributed by atoms with Crippen molar-refractivity contribution in [2.75, 3.05) is 18.6 Å². The zero-order valence-electron chi connectivity index (χ0n) is 10.3. The number of nitrogens with one attached hydrogen (secondary N) is 1. The summed E-state index contributed by atoms with van der Waals surface area (Å²) in [5.41, 5.74) is 1.11. The molecule has 0 aromatic heterocycles. The fraction of sp³-hybridized carbons (Fsp3) is 0.538. The number of hydrogen-bond donors (Lipinski definition) is 1. The van der Waals surface area contributed by atoms with E-state index < -0.39 is 0 Å². The first kappa shape index (κ1) is 15.0. The standard InChI is InChI=1S/C13H19BrFNS/c1-10(16-7-3-4-8-17-2)12-6-5-11(15)9-13(12)14/h5-6,9-10,16H,3-4,7-8H2,1-2H3. The zero-order valence-corrected chi connectivity index (χ0v) is 12.7. The number of unbranched alkanes of at least 4 members (excludes halogenated alkanes) is 1. The summed E-state index contributed by atoms with van der Waals surface area (Å²) in [5, 5.41) is 3.46. The van der Waals surface area contributed by atoms with E-state index in [0.29, 0.717) is 0 Å². The summed E-state index contributed by atoms with van der Waals surface area (Å²) < 4.78 is 13.8. The lowest BCUT2D eigenvalue weighted by Gasteiger charge is -2.15. The smallest absolute Gasteiger partial charge is 0.124 e. The highest BCUT2D eigenvalue weighted by molar-refractivity contribution is 9.10. The highest BCUT2D eigenvalue weighted by atomic mass is 79.9. The van der Waals surface area contributed by atoms with Gasteiger partial charge in [-0.3, -0.25) is 0 Å². The lowest BCUT2D eigenvalue weighted by molar-refractivity contribution is 0.551. The summed E-state index contributed by atoms with van der Waals surface area (Å²) in [6.07, 6.45) is 4.56. The van der Waals surface area contributed by atoms with E-state index in [2.05, 4.69) is 34.4 Å². The van der Waals surface area contributed by atoms with Crippen molar-refractivity contribution in [1.29, 1.82) is 0 Å². The Morgan fingerprint density at radius 2 is 2.18 bits per heavy atom. The van der Waals surface area contributed by atoms with Crippen LogP contribution in [0.3, 0.4) is 0 Å². The Morgan fingerprint density at radius 1 is 1.41 bits per heavy atom. The normalized spacial score (nSPS) is 12.7. The SMILES string of the molecule is CSCCCCNC(C)c1ccc(F)cc1Br. The van der Waals surface area contributed by atoms with Crippen molar-refractivity contribution in [2.24, 2.45) is 0 Å². The van der Waals surface area contributed by atoms with E-state index >= 15 is 0 Å². The van der Waals surface area contributed by atoms with Gasteiger partial charge in [-0.05, 0) is 56.0 Å². The second kappa shape index (κ2) is 8.11. The molecule has 1 nitrogen and oxygen atoms in total. The average Bonchev–Trinajstić information content (AvgIpc) is 2.28. The van der Waals surface area contributed by atoms with Gasteiger partial charge in [-0.1, -0.05) is 22.0 Å². The highest BCUT2D eigenvalue weighted by Gasteiger charge is 2.08. The molecular weight excluding hydrogens is 301 g/mol. The maximum Gasteiger partial charge on any atom is 0.124 e. The Hall–Kier alpha value is -0.0600. The molecule has 96 valence electrons. The van der Waals surface area contributed by atoms with Crippen LogP contribution in [-0.4, -0.2) is 18.6 Å². The highest BCUT2D eigenvalue weighted by Crippen LogP contribution is 2.24. The summed E-state index contributed by atoms with van der Waals surface area (Å²) in [6.45, 7) is 3.11. The first-order valence-electron chi connectivity index (χ1n) is 5.82. The molecule has 1 atom stereocenters. The van der Waals surface area contributed by atoms with Gasteiger partial charge in [0.15, 0.2) is 0 Å². The zero-order chi connectivity index (χ0) is 12.7. The van der Waals surface area contributed by atoms with E-state index in [1.54, 1.807) is 0 Å². The van der Waals surface area contributed by atoms with Gasteiger partial charge in [0.05, 0.1) is 0 Å². The van der Waals surface area contributed by atoms with Crippen molar-refractivity contribution in [3.63, 3.8) is 0 Å². The quantitative estimate of drug-likeness (QED) is 0.748. The molecule has 0 amide bonds. The summed E-state index contributed by atoms with van der Waals surface area (Å²) in [6, 6.07) is 5.10. The predicted molar refractivity (Wildman–Crippen MR) is 78.1 cm³/mol. The third kappa shape index (κ3) is 5.40. The molecule has 0 aliphatic carbocycles. The van der Waals surface area contributed by atoms with Gasteiger partial charge in [0.25, 0.3) is 0 Å². The van der Waals surface area contributed by atoms with Gasteiger partial charge in [0.1, 0.15) is 5.82 Å². The van der Waals surface area contributed by atoms with Crippen LogP contribution in [0.4, 0.5) is 4.39 Å². The van der Waals surface area contributed by atoms with Crippen molar-refractivity contribution >= 4 is 27.7 Å². The third-order valence-electron chi connectivity index (χ3n) is 2.65. The molecule has 1 N–H and O–H groups in total. The molecule has 1 rings (SSSR count). The minimum Gasteiger partial charge on any atom is -0.310 e.